The van der Waals surface area contributed by atoms with E-state index in [1.165, 1.54) is 19.3 Å². The van der Waals surface area contributed by atoms with Crippen molar-refractivity contribution in [1.82, 2.24) is 0 Å². The smallest absolute Gasteiger partial charge is 0.0269 e. The van der Waals surface area contributed by atoms with Crippen molar-refractivity contribution in [1.29, 1.82) is 0 Å². The van der Waals surface area contributed by atoms with E-state index in [9.17, 15) is 0 Å². The van der Waals surface area contributed by atoms with Gasteiger partial charge in [0, 0.05) is 0 Å². The zero-order valence-electron chi connectivity index (χ0n) is 9.35. The molecule has 0 aromatic heterocycles. The molecule has 0 amide bonds. The van der Waals surface area contributed by atoms with E-state index in [1.807, 2.05) is 0 Å². The second-order valence-corrected chi connectivity index (χ2v) is 5.18. The van der Waals surface area contributed by atoms with Gasteiger partial charge in [0.25, 0.3) is 0 Å². The average molecular weight is 168 g/mol. The third-order valence-corrected chi connectivity index (χ3v) is 4.50. The molecule has 0 saturated heterocycles. The average Bonchev–Trinajstić information content (AvgIpc) is 2.00. The molecule has 1 rings (SSSR count). The van der Waals surface area contributed by atoms with Crippen LogP contribution in [0, 0.1) is 23.2 Å². The van der Waals surface area contributed by atoms with Crippen molar-refractivity contribution in [3.8, 4) is 0 Å². The summed E-state index contributed by atoms with van der Waals surface area (Å²) in [6.07, 6.45) is 4.32. The molecule has 1 aliphatic carbocycles. The zero-order valence-corrected chi connectivity index (χ0v) is 9.35. The van der Waals surface area contributed by atoms with E-state index in [0.717, 1.165) is 17.8 Å². The number of rotatable bonds is 3. The highest BCUT2D eigenvalue weighted by Crippen LogP contribution is 2.54. The summed E-state index contributed by atoms with van der Waals surface area (Å²) in [5.74, 6) is 2.76. The Labute approximate surface area is 77.7 Å². The van der Waals surface area contributed by atoms with Gasteiger partial charge in [-0.1, -0.05) is 41.0 Å². The minimum Gasteiger partial charge on any atom is -0.0651 e. The Morgan fingerprint density at radius 2 is 1.92 bits per heavy atom. The van der Waals surface area contributed by atoms with Gasteiger partial charge < -0.3 is 0 Å². The van der Waals surface area contributed by atoms with Gasteiger partial charge in [-0.25, -0.2) is 0 Å². The van der Waals surface area contributed by atoms with Gasteiger partial charge in [0.1, 0.15) is 0 Å². The Kier molecular flexibility index (Phi) is 2.85. The van der Waals surface area contributed by atoms with Crippen LogP contribution in [0.3, 0.4) is 0 Å². The van der Waals surface area contributed by atoms with Crippen molar-refractivity contribution in [2.45, 2.75) is 53.9 Å². The van der Waals surface area contributed by atoms with Gasteiger partial charge in [-0.15, -0.1) is 0 Å². The van der Waals surface area contributed by atoms with Crippen molar-refractivity contribution in [2.24, 2.45) is 23.2 Å². The molecule has 1 saturated carbocycles. The standard InChI is InChI=1S/C12H24/c1-6-11-7-8-12(11,5)10(4)9(2)3/h9-11H,6-8H2,1-5H3. The van der Waals surface area contributed by atoms with E-state index < -0.39 is 0 Å². The molecule has 12 heavy (non-hydrogen) atoms. The van der Waals surface area contributed by atoms with Gasteiger partial charge in [0.2, 0.25) is 0 Å². The molecular weight excluding hydrogens is 144 g/mol. The van der Waals surface area contributed by atoms with Crippen LogP contribution in [0.2, 0.25) is 0 Å². The molecule has 0 heterocycles. The van der Waals surface area contributed by atoms with Crippen molar-refractivity contribution in [3.05, 3.63) is 0 Å². The van der Waals surface area contributed by atoms with Gasteiger partial charge >= 0.3 is 0 Å². The Bertz CT molecular complexity index is 146. The molecule has 0 aliphatic heterocycles. The summed E-state index contributed by atoms with van der Waals surface area (Å²) in [6.45, 7) is 12.0. The maximum absolute atomic E-state index is 2.50. The lowest BCUT2D eigenvalue weighted by atomic mass is 9.53. The number of hydrogen-bond acceptors (Lipinski definition) is 0. The predicted octanol–water partition coefficient (Wildman–Crippen LogP) is 4.10. The Morgan fingerprint density at radius 3 is 2.17 bits per heavy atom. The molecule has 0 spiro atoms. The highest BCUT2D eigenvalue weighted by Gasteiger charge is 2.45. The first-order chi connectivity index (χ1) is 5.52. The minimum atomic E-state index is 0.670. The fourth-order valence-electron chi connectivity index (χ4n) is 2.84. The van der Waals surface area contributed by atoms with E-state index in [0.29, 0.717) is 5.41 Å². The SMILES string of the molecule is CCC1CCC1(C)C(C)C(C)C. The molecule has 0 heteroatoms. The summed E-state index contributed by atoms with van der Waals surface area (Å²) >= 11 is 0. The molecular formula is C12H24. The van der Waals surface area contributed by atoms with Crippen LogP contribution in [0.15, 0.2) is 0 Å². The summed E-state index contributed by atoms with van der Waals surface area (Å²) in [5.41, 5.74) is 0.670. The summed E-state index contributed by atoms with van der Waals surface area (Å²) in [6, 6.07) is 0. The largest absolute Gasteiger partial charge is 0.0651 e. The summed E-state index contributed by atoms with van der Waals surface area (Å²) < 4.78 is 0. The first-order valence-electron chi connectivity index (χ1n) is 5.52. The first-order valence-corrected chi connectivity index (χ1v) is 5.52. The zero-order chi connectivity index (χ0) is 9.35. The van der Waals surface area contributed by atoms with E-state index in [4.69, 9.17) is 0 Å². The molecule has 1 fully saturated rings. The molecule has 0 radical (unpaired) electrons. The first kappa shape index (κ1) is 10.1. The molecule has 0 N–H and O–H groups in total. The van der Waals surface area contributed by atoms with Crippen LogP contribution in [0.5, 0.6) is 0 Å². The third kappa shape index (κ3) is 1.41. The van der Waals surface area contributed by atoms with E-state index in [1.54, 1.807) is 0 Å². The van der Waals surface area contributed by atoms with Gasteiger partial charge in [0.15, 0.2) is 0 Å². The topological polar surface area (TPSA) is 0 Å². The van der Waals surface area contributed by atoms with Crippen molar-refractivity contribution in [3.63, 3.8) is 0 Å². The maximum atomic E-state index is 2.50. The van der Waals surface area contributed by atoms with E-state index in [2.05, 4.69) is 34.6 Å². The highest BCUT2D eigenvalue weighted by atomic mass is 14.5. The van der Waals surface area contributed by atoms with Crippen LogP contribution in [0.4, 0.5) is 0 Å². The van der Waals surface area contributed by atoms with Crippen LogP contribution in [-0.2, 0) is 0 Å². The van der Waals surface area contributed by atoms with Gasteiger partial charge in [-0.3, -0.25) is 0 Å². The van der Waals surface area contributed by atoms with Crippen molar-refractivity contribution < 1.29 is 0 Å². The van der Waals surface area contributed by atoms with E-state index in [-0.39, 0.29) is 0 Å². The minimum absolute atomic E-state index is 0.670. The number of hydrogen-bond donors (Lipinski definition) is 0. The molecule has 0 bridgehead atoms. The molecule has 0 aromatic rings. The van der Waals surface area contributed by atoms with Crippen molar-refractivity contribution >= 4 is 0 Å². The maximum Gasteiger partial charge on any atom is -0.0269 e. The van der Waals surface area contributed by atoms with Crippen LogP contribution < -0.4 is 0 Å². The monoisotopic (exact) mass is 168 g/mol. The van der Waals surface area contributed by atoms with Crippen molar-refractivity contribution in [2.75, 3.05) is 0 Å². The normalized spacial score (nSPS) is 38.0. The van der Waals surface area contributed by atoms with Crippen LogP contribution in [0.1, 0.15) is 53.9 Å². The lowest BCUT2D eigenvalue weighted by molar-refractivity contribution is -0.0279. The summed E-state index contributed by atoms with van der Waals surface area (Å²) in [7, 11) is 0. The molecule has 72 valence electrons. The Morgan fingerprint density at radius 1 is 1.33 bits per heavy atom. The summed E-state index contributed by atoms with van der Waals surface area (Å²) in [4.78, 5) is 0. The quantitative estimate of drug-likeness (QED) is 0.595. The third-order valence-electron chi connectivity index (χ3n) is 4.50. The molecule has 0 aromatic carbocycles. The van der Waals surface area contributed by atoms with Crippen LogP contribution in [-0.4, -0.2) is 0 Å². The lowest BCUT2D eigenvalue weighted by Gasteiger charge is -2.52. The second-order valence-electron chi connectivity index (χ2n) is 5.18. The molecule has 0 nitrogen and oxygen atoms in total. The van der Waals surface area contributed by atoms with Gasteiger partial charge in [-0.05, 0) is 36.0 Å². The molecule has 3 atom stereocenters. The van der Waals surface area contributed by atoms with E-state index >= 15 is 0 Å². The lowest BCUT2D eigenvalue weighted by Crippen LogP contribution is -2.44. The molecule has 1 aliphatic rings. The van der Waals surface area contributed by atoms with Gasteiger partial charge in [0.05, 0.1) is 0 Å². The fraction of sp³-hybridized carbons (Fsp3) is 1.00. The fourth-order valence-corrected chi connectivity index (χ4v) is 2.84. The summed E-state index contributed by atoms with van der Waals surface area (Å²) in [5, 5.41) is 0. The second kappa shape index (κ2) is 3.40. The Hall–Kier alpha value is 0. The van der Waals surface area contributed by atoms with Crippen LogP contribution >= 0.6 is 0 Å². The Balaban J connectivity index is 2.59. The molecule has 3 unspecified atom stereocenters. The van der Waals surface area contributed by atoms with Gasteiger partial charge in [-0.2, -0.15) is 0 Å². The highest BCUT2D eigenvalue weighted by molar-refractivity contribution is 4.95. The predicted molar refractivity (Wildman–Crippen MR) is 55.1 cm³/mol. The van der Waals surface area contributed by atoms with Crippen LogP contribution in [0.25, 0.3) is 0 Å².